The summed E-state index contributed by atoms with van der Waals surface area (Å²) in [6.45, 7) is 2.47. The first kappa shape index (κ1) is 21.8. The number of rotatable bonds is 7. The van der Waals surface area contributed by atoms with Crippen molar-refractivity contribution in [3.63, 3.8) is 0 Å². The van der Waals surface area contributed by atoms with Gasteiger partial charge in [-0.3, -0.25) is 9.59 Å². The summed E-state index contributed by atoms with van der Waals surface area (Å²) in [5, 5.41) is 2.38. The van der Waals surface area contributed by atoms with Crippen LogP contribution in [0.4, 0.5) is 10.1 Å². The van der Waals surface area contributed by atoms with E-state index in [0.29, 0.717) is 0 Å². The molecule has 0 aliphatic carbocycles. The van der Waals surface area contributed by atoms with Crippen LogP contribution >= 0.6 is 11.6 Å². The molecule has 0 spiro atoms. The Morgan fingerprint density at radius 1 is 1.18 bits per heavy atom. The van der Waals surface area contributed by atoms with Gasteiger partial charge in [0.25, 0.3) is 5.91 Å². The van der Waals surface area contributed by atoms with Crippen molar-refractivity contribution < 1.29 is 27.1 Å². The van der Waals surface area contributed by atoms with Crippen LogP contribution in [-0.4, -0.2) is 32.9 Å². The van der Waals surface area contributed by atoms with E-state index in [1.807, 2.05) is 6.92 Å². The summed E-state index contributed by atoms with van der Waals surface area (Å²) in [5.74, 6) is -2.21. The third kappa shape index (κ3) is 6.01. The molecule has 2 N–H and O–H groups in total. The Labute approximate surface area is 166 Å². The molecular weight excluding hydrogens is 411 g/mol. The van der Waals surface area contributed by atoms with Crippen molar-refractivity contribution in [2.45, 2.75) is 24.8 Å². The SMILES string of the molecule is Cc1ccc(S(=O)(=O)NCC(=O)OC(C)C(=O)Nc2ccc(F)cc2Cl)cc1. The smallest absolute Gasteiger partial charge is 0.321 e. The zero-order valence-corrected chi connectivity index (χ0v) is 16.6. The molecule has 0 saturated carbocycles. The first-order valence-corrected chi connectivity index (χ1v) is 9.96. The summed E-state index contributed by atoms with van der Waals surface area (Å²) in [7, 11) is -3.89. The molecule has 28 heavy (non-hydrogen) atoms. The molecule has 1 unspecified atom stereocenters. The second-order valence-electron chi connectivity index (χ2n) is 5.88. The molecule has 10 heteroatoms. The van der Waals surface area contributed by atoms with Crippen molar-refractivity contribution in [3.05, 3.63) is 58.9 Å². The molecule has 0 saturated heterocycles. The molecule has 1 atom stereocenters. The summed E-state index contributed by atoms with van der Waals surface area (Å²) < 4.78 is 44.3. The van der Waals surface area contributed by atoms with Gasteiger partial charge in [-0.25, -0.2) is 12.8 Å². The predicted molar refractivity (Wildman–Crippen MR) is 102 cm³/mol. The number of aryl methyl sites for hydroxylation is 1. The summed E-state index contributed by atoms with van der Waals surface area (Å²) in [4.78, 5) is 23.9. The number of benzene rings is 2. The van der Waals surface area contributed by atoms with Crippen LogP contribution in [0.25, 0.3) is 0 Å². The molecular formula is C18H18ClFN2O5S. The Bertz CT molecular complexity index is 980. The molecule has 0 radical (unpaired) electrons. The second-order valence-corrected chi connectivity index (χ2v) is 8.06. The fraction of sp³-hybridized carbons (Fsp3) is 0.222. The fourth-order valence-corrected chi connectivity index (χ4v) is 3.26. The lowest BCUT2D eigenvalue weighted by Crippen LogP contribution is -2.35. The van der Waals surface area contributed by atoms with Gasteiger partial charge < -0.3 is 10.1 Å². The standard InChI is InChI=1S/C18H18ClFN2O5S/c1-11-3-6-14(7-4-11)28(25,26)21-10-17(23)27-12(2)18(24)22-16-8-5-13(20)9-15(16)19/h3-9,12,21H,10H2,1-2H3,(H,22,24). The van der Waals surface area contributed by atoms with Crippen LogP contribution in [0.3, 0.4) is 0 Å². The Kier molecular flexibility index (Phi) is 7.11. The van der Waals surface area contributed by atoms with Crippen molar-refractivity contribution in [2.24, 2.45) is 0 Å². The first-order valence-electron chi connectivity index (χ1n) is 8.10. The lowest BCUT2D eigenvalue weighted by molar-refractivity contribution is -0.151. The minimum atomic E-state index is -3.89. The summed E-state index contributed by atoms with van der Waals surface area (Å²) >= 11 is 5.81. The number of anilines is 1. The molecule has 0 heterocycles. The van der Waals surface area contributed by atoms with Crippen molar-refractivity contribution in [1.82, 2.24) is 4.72 Å². The van der Waals surface area contributed by atoms with Crippen LogP contribution in [0.2, 0.25) is 5.02 Å². The number of hydrogen-bond acceptors (Lipinski definition) is 5. The molecule has 0 aliphatic rings. The van der Waals surface area contributed by atoms with E-state index >= 15 is 0 Å². The van der Waals surface area contributed by atoms with Gasteiger partial charge in [-0.2, -0.15) is 4.72 Å². The Morgan fingerprint density at radius 2 is 1.82 bits per heavy atom. The number of esters is 1. The van der Waals surface area contributed by atoms with Gasteiger partial charge in [0.15, 0.2) is 6.10 Å². The predicted octanol–water partition coefficient (Wildman–Crippen LogP) is 2.64. The van der Waals surface area contributed by atoms with E-state index in [0.717, 1.165) is 17.7 Å². The van der Waals surface area contributed by atoms with Crippen LogP contribution in [0, 0.1) is 12.7 Å². The van der Waals surface area contributed by atoms with Gasteiger partial charge in [-0.15, -0.1) is 0 Å². The van der Waals surface area contributed by atoms with E-state index in [4.69, 9.17) is 16.3 Å². The van der Waals surface area contributed by atoms with Crippen molar-refractivity contribution in [3.8, 4) is 0 Å². The second kappa shape index (κ2) is 9.13. The van der Waals surface area contributed by atoms with E-state index in [1.165, 1.54) is 25.1 Å². The van der Waals surface area contributed by atoms with Gasteiger partial charge in [0.05, 0.1) is 15.6 Å². The maximum absolute atomic E-state index is 13.0. The quantitative estimate of drug-likeness (QED) is 0.660. The highest BCUT2D eigenvalue weighted by atomic mass is 35.5. The number of ether oxygens (including phenoxy) is 1. The normalized spacial score (nSPS) is 12.3. The maximum atomic E-state index is 13.0. The van der Waals surface area contributed by atoms with E-state index < -0.39 is 40.4 Å². The molecule has 1 amide bonds. The summed E-state index contributed by atoms with van der Waals surface area (Å²) in [5.41, 5.74) is 1.04. The highest BCUT2D eigenvalue weighted by Gasteiger charge is 2.21. The molecule has 2 aromatic rings. The Balaban J connectivity index is 1.89. The highest BCUT2D eigenvalue weighted by Crippen LogP contribution is 2.22. The number of carbonyl (C=O) groups is 2. The average molecular weight is 429 g/mol. The monoisotopic (exact) mass is 428 g/mol. The van der Waals surface area contributed by atoms with Gasteiger partial charge >= 0.3 is 5.97 Å². The molecule has 0 bridgehead atoms. The largest absolute Gasteiger partial charge is 0.452 e. The molecule has 0 fully saturated rings. The van der Waals surface area contributed by atoms with Gasteiger partial charge in [0.2, 0.25) is 10.0 Å². The van der Waals surface area contributed by atoms with E-state index in [-0.39, 0.29) is 15.6 Å². The molecule has 2 aromatic carbocycles. The third-order valence-electron chi connectivity index (χ3n) is 3.60. The number of amides is 1. The van der Waals surface area contributed by atoms with Crippen LogP contribution in [0.1, 0.15) is 12.5 Å². The van der Waals surface area contributed by atoms with Crippen LogP contribution in [0.5, 0.6) is 0 Å². The van der Waals surface area contributed by atoms with Crippen LogP contribution in [0.15, 0.2) is 47.4 Å². The van der Waals surface area contributed by atoms with E-state index in [1.54, 1.807) is 12.1 Å². The topological polar surface area (TPSA) is 102 Å². The number of halogens is 2. The molecule has 7 nitrogen and oxygen atoms in total. The zero-order chi connectivity index (χ0) is 20.9. The minimum Gasteiger partial charge on any atom is -0.452 e. The Hall–Kier alpha value is -2.49. The molecule has 0 aliphatic heterocycles. The molecule has 2 rings (SSSR count). The Morgan fingerprint density at radius 3 is 2.43 bits per heavy atom. The minimum absolute atomic E-state index is 0.00245. The third-order valence-corrected chi connectivity index (χ3v) is 5.33. The lowest BCUT2D eigenvalue weighted by atomic mass is 10.2. The highest BCUT2D eigenvalue weighted by molar-refractivity contribution is 7.89. The zero-order valence-electron chi connectivity index (χ0n) is 15.0. The summed E-state index contributed by atoms with van der Waals surface area (Å²) in [6, 6.07) is 9.46. The van der Waals surface area contributed by atoms with E-state index in [9.17, 15) is 22.4 Å². The average Bonchev–Trinajstić information content (AvgIpc) is 2.62. The fourth-order valence-electron chi connectivity index (χ4n) is 2.07. The van der Waals surface area contributed by atoms with Crippen molar-refractivity contribution >= 4 is 39.2 Å². The first-order chi connectivity index (χ1) is 13.1. The van der Waals surface area contributed by atoms with Gasteiger partial charge in [-0.1, -0.05) is 29.3 Å². The number of carbonyl (C=O) groups excluding carboxylic acids is 2. The maximum Gasteiger partial charge on any atom is 0.321 e. The van der Waals surface area contributed by atoms with Crippen molar-refractivity contribution in [1.29, 1.82) is 0 Å². The van der Waals surface area contributed by atoms with Gasteiger partial charge in [0.1, 0.15) is 12.4 Å². The van der Waals surface area contributed by atoms with E-state index in [2.05, 4.69) is 10.0 Å². The van der Waals surface area contributed by atoms with Crippen LogP contribution < -0.4 is 10.0 Å². The molecule has 0 aromatic heterocycles. The number of sulfonamides is 1. The number of hydrogen-bond donors (Lipinski definition) is 2. The van der Waals surface area contributed by atoms with Gasteiger partial charge in [-0.05, 0) is 44.2 Å². The van der Waals surface area contributed by atoms with Crippen LogP contribution in [-0.2, 0) is 24.3 Å². The number of nitrogens with one attached hydrogen (secondary N) is 2. The lowest BCUT2D eigenvalue weighted by Gasteiger charge is -2.14. The van der Waals surface area contributed by atoms with Gasteiger partial charge in [0, 0.05) is 0 Å². The molecule has 150 valence electrons. The summed E-state index contributed by atoms with van der Waals surface area (Å²) in [6.07, 6.45) is -1.22. The van der Waals surface area contributed by atoms with Crippen molar-refractivity contribution in [2.75, 3.05) is 11.9 Å².